The Hall–Kier alpha value is -0.570. The first-order valence-electron chi connectivity index (χ1n) is 9.29. The average molecular weight is 356 g/mol. The minimum Gasteiger partial charge on any atom is -0.394 e. The molecule has 4 rings (SSSR count). The normalized spacial score (nSPS) is 43.8. The number of hydrogen-bond donors (Lipinski definition) is 4. The molecule has 25 heavy (non-hydrogen) atoms. The van der Waals surface area contributed by atoms with Gasteiger partial charge in [-0.3, -0.25) is 14.6 Å². The molecule has 4 N–H and O–H groups in total. The Kier molecular flexibility index (Phi) is 4.80. The number of Topliss-reactive ketones (excluding diaryl/α,β-unsaturated/α-hetero) is 1. The van der Waals surface area contributed by atoms with E-state index in [1.165, 1.54) is 0 Å². The van der Waals surface area contributed by atoms with Crippen LogP contribution in [0.4, 0.5) is 0 Å². The van der Waals surface area contributed by atoms with Crippen LogP contribution in [0.3, 0.4) is 0 Å². The maximum Gasteiger partial charge on any atom is 0.150 e. The fourth-order valence-corrected chi connectivity index (χ4v) is 5.25. The third kappa shape index (κ3) is 2.51. The Bertz CT molecular complexity index is 492. The standard InChI is InChI=1S/C18H32N2O5/c1-10(2)17-6-19-8-18(11(3)4,16(17)25)9-20(7-17)15(19)14(24)13(23)12(22)5-21/h10-15,21-24H,5-9H2,1-4H3/t12-,13+,14+,15?,17?,18?/m1/s1. The van der Waals surface area contributed by atoms with E-state index in [1.807, 2.05) is 0 Å². The van der Waals surface area contributed by atoms with Crippen molar-refractivity contribution in [3.05, 3.63) is 0 Å². The first-order chi connectivity index (χ1) is 11.6. The van der Waals surface area contributed by atoms with E-state index in [1.54, 1.807) is 0 Å². The molecule has 4 fully saturated rings. The maximum absolute atomic E-state index is 13.4. The summed E-state index contributed by atoms with van der Waals surface area (Å²) in [6.07, 6.45) is -4.45. The number of ketones is 1. The summed E-state index contributed by atoms with van der Waals surface area (Å²) in [4.78, 5) is 17.6. The van der Waals surface area contributed by atoms with E-state index in [0.29, 0.717) is 32.0 Å². The molecule has 0 amide bonds. The highest BCUT2D eigenvalue weighted by molar-refractivity contribution is 5.94. The largest absolute Gasteiger partial charge is 0.394 e. The Labute approximate surface area is 149 Å². The monoisotopic (exact) mass is 356 g/mol. The molecule has 7 heteroatoms. The summed E-state index contributed by atoms with van der Waals surface area (Å²) < 4.78 is 0. The topological polar surface area (TPSA) is 104 Å². The lowest BCUT2D eigenvalue weighted by molar-refractivity contribution is -0.242. The van der Waals surface area contributed by atoms with Crippen LogP contribution in [0.2, 0.25) is 0 Å². The molecule has 0 aromatic rings. The van der Waals surface area contributed by atoms with E-state index in [4.69, 9.17) is 5.11 Å². The molecule has 0 aromatic heterocycles. The molecule has 0 spiro atoms. The Morgan fingerprint density at radius 2 is 1.36 bits per heavy atom. The molecule has 0 unspecified atom stereocenters. The summed E-state index contributed by atoms with van der Waals surface area (Å²) in [6.45, 7) is 9.99. The highest BCUT2D eigenvalue weighted by Gasteiger charge is 2.68. The SMILES string of the molecule is CC(C)C12CN3CC(C(C)C)(CN(C1)C3[C@@H](O)[C@@H](O)[C@H](O)CO)C2=O. The van der Waals surface area contributed by atoms with Crippen molar-refractivity contribution in [2.75, 3.05) is 32.8 Å². The molecule has 4 saturated heterocycles. The summed E-state index contributed by atoms with van der Waals surface area (Å²) in [6, 6.07) is 0. The van der Waals surface area contributed by atoms with Gasteiger partial charge in [-0.25, -0.2) is 0 Å². The molecule has 0 aliphatic carbocycles. The minimum absolute atomic E-state index is 0.190. The number of hydrogen-bond acceptors (Lipinski definition) is 7. The van der Waals surface area contributed by atoms with Crippen LogP contribution in [0, 0.1) is 22.7 Å². The number of rotatable bonds is 6. The molecule has 3 atom stereocenters. The quantitative estimate of drug-likeness (QED) is 0.478. The van der Waals surface area contributed by atoms with E-state index in [-0.39, 0.29) is 11.8 Å². The van der Waals surface area contributed by atoms with Crippen molar-refractivity contribution in [3.63, 3.8) is 0 Å². The lowest BCUT2D eigenvalue weighted by Gasteiger charge is -2.69. The van der Waals surface area contributed by atoms with Crippen LogP contribution in [-0.2, 0) is 4.79 Å². The summed E-state index contributed by atoms with van der Waals surface area (Å²) in [7, 11) is 0. The highest BCUT2D eigenvalue weighted by Crippen LogP contribution is 2.54. The minimum atomic E-state index is -1.42. The zero-order valence-corrected chi connectivity index (χ0v) is 15.6. The van der Waals surface area contributed by atoms with Gasteiger partial charge >= 0.3 is 0 Å². The van der Waals surface area contributed by atoms with Crippen LogP contribution >= 0.6 is 0 Å². The van der Waals surface area contributed by atoms with Gasteiger partial charge in [0.1, 0.15) is 18.3 Å². The van der Waals surface area contributed by atoms with Gasteiger partial charge in [-0.1, -0.05) is 27.7 Å². The molecule has 7 nitrogen and oxygen atoms in total. The van der Waals surface area contributed by atoms with Crippen molar-refractivity contribution in [1.82, 2.24) is 9.80 Å². The number of nitrogens with zero attached hydrogens (tertiary/aromatic N) is 2. The highest BCUT2D eigenvalue weighted by atomic mass is 16.4. The van der Waals surface area contributed by atoms with Crippen LogP contribution in [0.15, 0.2) is 0 Å². The summed E-state index contributed by atoms with van der Waals surface area (Å²) in [5, 5.41) is 39.7. The van der Waals surface area contributed by atoms with Crippen LogP contribution in [0.5, 0.6) is 0 Å². The number of carbonyl (C=O) groups excluding carboxylic acids is 1. The maximum atomic E-state index is 13.4. The smallest absolute Gasteiger partial charge is 0.150 e. The molecule has 4 bridgehead atoms. The molecule has 144 valence electrons. The first kappa shape index (κ1) is 19.2. The summed E-state index contributed by atoms with van der Waals surface area (Å²) in [5.41, 5.74) is -0.894. The predicted octanol–water partition coefficient (Wildman–Crippen LogP) is -1.11. The van der Waals surface area contributed by atoms with Gasteiger partial charge in [-0.05, 0) is 11.8 Å². The fourth-order valence-electron chi connectivity index (χ4n) is 5.25. The van der Waals surface area contributed by atoms with Crippen molar-refractivity contribution in [1.29, 1.82) is 0 Å². The lowest BCUT2D eigenvalue weighted by atomic mass is 9.53. The Morgan fingerprint density at radius 3 is 1.68 bits per heavy atom. The molecule has 4 heterocycles. The van der Waals surface area contributed by atoms with Gasteiger partial charge in [0.15, 0.2) is 5.78 Å². The third-order valence-electron chi connectivity index (χ3n) is 7.04. The van der Waals surface area contributed by atoms with Crippen LogP contribution in [0.25, 0.3) is 0 Å². The van der Waals surface area contributed by atoms with Crippen molar-refractivity contribution in [2.24, 2.45) is 22.7 Å². The van der Waals surface area contributed by atoms with Crippen molar-refractivity contribution in [2.45, 2.75) is 52.2 Å². The molecular formula is C18H32N2O5. The van der Waals surface area contributed by atoms with Crippen LogP contribution < -0.4 is 0 Å². The molecular weight excluding hydrogens is 324 g/mol. The third-order valence-corrected chi connectivity index (χ3v) is 7.04. The van der Waals surface area contributed by atoms with Crippen molar-refractivity contribution in [3.8, 4) is 0 Å². The van der Waals surface area contributed by atoms with E-state index < -0.39 is 41.9 Å². The molecule has 4 aliphatic heterocycles. The van der Waals surface area contributed by atoms with Gasteiger partial charge in [-0.15, -0.1) is 0 Å². The average Bonchev–Trinajstić information content (AvgIpc) is 2.55. The van der Waals surface area contributed by atoms with Gasteiger partial charge in [0, 0.05) is 26.2 Å². The zero-order chi connectivity index (χ0) is 18.7. The van der Waals surface area contributed by atoms with Gasteiger partial charge in [-0.2, -0.15) is 0 Å². The number of piperidine rings is 2. The van der Waals surface area contributed by atoms with Crippen molar-refractivity contribution < 1.29 is 25.2 Å². The van der Waals surface area contributed by atoms with Crippen molar-refractivity contribution >= 4 is 5.78 Å². The van der Waals surface area contributed by atoms with Gasteiger partial charge in [0.25, 0.3) is 0 Å². The predicted molar refractivity (Wildman–Crippen MR) is 91.6 cm³/mol. The second kappa shape index (κ2) is 6.25. The lowest BCUT2D eigenvalue weighted by Crippen LogP contribution is -2.83. The van der Waals surface area contributed by atoms with Gasteiger partial charge in [0.2, 0.25) is 0 Å². The molecule has 0 aromatic carbocycles. The van der Waals surface area contributed by atoms with Crippen LogP contribution in [0.1, 0.15) is 27.7 Å². The molecule has 4 aliphatic rings. The van der Waals surface area contributed by atoms with Crippen LogP contribution in [-0.4, -0.2) is 93.3 Å². The molecule has 0 saturated carbocycles. The fraction of sp³-hybridized carbons (Fsp3) is 0.944. The Balaban J connectivity index is 1.95. The van der Waals surface area contributed by atoms with Gasteiger partial charge in [0.05, 0.1) is 23.6 Å². The second-order valence-electron chi connectivity index (χ2n) is 8.91. The summed E-state index contributed by atoms with van der Waals surface area (Å²) in [5.74, 6) is 0.728. The molecule has 0 radical (unpaired) electrons. The number of aliphatic hydroxyl groups excluding tert-OH is 4. The zero-order valence-electron chi connectivity index (χ0n) is 15.6. The van der Waals surface area contributed by atoms with E-state index >= 15 is 0 Å². The number of aliphatic hydroxyl groups is 4. The summed E-state index contributed by atoms with van der Waals surface area (Å²) >= 11 is 0. The first-order valence-corrected chi connectivity index (χ1v) is 9.29. The second-order valence-corrected chi connectivity index (χ2v) is 8.91. The van der Waals surface area contributed by atoms with Gasteiger partial charge < -0.3 is 20.4 Å². The van der Waals surface area contributed by atoms with E-state index in [0.717, 1.165) is 0 Å². The number of carbonyl (C=O) groups is 1. The van der Waals surface area contributed by atoms with E-state index in [9.17, 15) is 20.1 Å². The Morgan fingerprint density at radius 1 is 0.960 bits per heavy atom. The van der Waals surface area contributed by atoms with E-state index in [2.05, 4.69) is 37.5 Å².